The fourth-order valence-corrected chi connectivity index (χ4v) is 3.24. The van der Waals surface area contributed by atoms with Gasteiger partial charge >= 0.3 is 0 Å². The quantitative estimate of drug-likeness (QED) is 0.663. The summed E-state index contributed by atoms with van der Waals surface area (Å²) >= 11 is 7.54. The van der Waals surface area contributed by atoms with E-state index in [4.69, 9.17) is 11.6 Å². The van der Waals surface area contributed by atoms with E-state index in [0.717, 1.165) is 22.4 Å². The molecule has 0 saturated carbocycles. The van der Waals surface area contributed by atoms with E-state index in [9.17, 15) is 4.79 Å². The summed E-state index contributed by atoms with van der Waals surface area (Å²) < 4.78 is 0. The number of carbonyl (C=O) groups excluding carboxylic acids is 1. The van der Waals surface area contributed by atoms with Crippen molar-refractivity contribution < 1.29 is 4.79 Å². The molecule has 0 unspecified atom stereocenters. The average Bonchev–Trinajstić information content (AvgIpc) is 3.02. The van der Waals surface area contributed by atoms with Crippen LogP contribution in [0.15, 0.2) is 60.0 Å². The number of nitrogens with one attached hydrogen (secondary N) is 1. The number of benzene rings is 2. The fourth-order valence-electron chi connectivity index (χ4n) is 2.25. The van der Waals surface area contributed by atoms with Crippen LogP contribution in [0.5, 0.6) is 0 Å². The van der Waals surface area contributed by atoms with Crippen LogP contribution >= 0.6 is 22.9 Å². The molecule has 1 heterocycles. The first-order valence-electron chi connectivity index (χ1n) is 6.86. The number of anilines is 1. The third kappa shape index (κ3) is 2.91. The molecule has 0 aliphatic carbocycles. The molecule has 2 nitrogen and oxygen atoms in total. The van der Waals surface area contributed by atoms with E-state index in [1.165, 1.54) is 11.3 Å². The van der Waals surface area contributed by atoms with Gasteiger partial charge in [-0.3, -0.25) is 4.79 Å². The maximum atomic E-state index is 12.6. The first-order chi connectivity index (χ1) is 10.7. The normalized spacial score (nSPS) is 10.5. The van der Waals surface area contributed by atoms with E-state index in [2.05, 4.69) is 5.32 Å². The van der Waals surface area contributed by atoms with E-state index in [1.807, 2.05) is 66.9 Å². The van der Waals surface area contributed by atoms with Crippen molar-refractivity contribution in [3.8, 4) is 11.1 Å². The Bertz CT molecular complexity index is 811. The minimum Gasteiger partial charge on any atom is -0.321 e. The topological polar surface area (TPSA) is 29.1 Å². The van der Waals surface area contributed by atoms with Gasteiger partial charge in [0.1, 0.15) is 0 Å². The van der Waals surface area contributed by atoms with E-state index in [1.54, 1.807) is 0 Å². The summed E-state index contributed by atoms with van der Waals surface area (Å²) in [4.78, 5) is 13.3. The Morgan fingerprint density at radius 3 is 2.59 bits per heavy atom. The molecule has 0 bridgehead atoms. The highest BCUT2D eigenvalue weighted by Gasteiger charge is 2.15. The molecule has 22 heavy (non-hydrogen) atoms. The molecular formula is C18H14ClNOS. The molecule has 110 valence electrons. The highest BCUT2D eigenvalue weighted by molar-refractivity contribution is 7.12. The van der Waals surface area contributed by atoms with E-state index in [0.29, 0.717) is 9.90 Å². The fraction of sp³-hybridized carbons (Fsp3) is 0.0556. The van der Waals surface area contributed by atoms with Crippen LogP contribution in [-0.2, 0) is 0 Å². The highest BCUT2D eigenvalue weighted by Crippen LogP contribution is 2.30. The van der Waals surface area contributed by atoms with E-state index in [-0.39, 0.29) is 5.91 Å². The van der Waals surface area contributed by atoms with E-state index >= 15 is 0 Å². The first kappa shape index (κ1) is 14.8. The molecule has 3 rings (SSSR count). The number of carbonyl (C=O) groups is 1. The molecule has 0 spiro atoms. The van der Waals surface area contributed by atoms with E-state index < -0.39 is 0 Å². The largest absolute Gasteiger partial charge is 0.321 e. The van der Waals surface area contributed by atoms with Gasteiger partial charge in [-0.1, -0.05) is 48.0 Å². The van der Waals surface area contributed by atoms with Gasteiger partial charge in [0.25, 0.3) is 5.91 Å². The summed E-state index contributed by atoms with van der Waals surface area (Å²) in [5, 5.41) is 5.53. The number of amides is 1. The van der Waals surface area contributed by atoms with Gasteiger partial charge < -0.3 is 5.32 Å². The van der Waals surface area contributed by atoms with Gasteiger partial charge in [-0.15, -0.1) is 11.3 Å². The maximum Gasteiger partial charge on any atom is 0.266 e. The minimum atomic E-state index is -0.112. The monoisotopic (exact) mass is 327 g/mol. The summed E-state index contributed by atoms with van der Waals surface area (Å²) in [7, 11) is 0. The number of hydrogen-bond acceptors (Lipinski definition) is 2. The lowest BCUT2D eigenvalue weighted by atomic mass is 10.1. The smallest absolute Gasteiger partial charge is 0.266 e. The second kappa shape index (κ2) is 6.34. The van der Waals surface area contributed by atoms with Crippen LogP contribution in [0.1, 0.15) is 15.2 Å². The number of rotatable bonds is 3. The van der Waals surface area contributed by atoms with Gasteiger partial charge in [0, 0.05) is 16.3 Å². The minimum absolute atomic E-state index is 0.112. The molecular weight excluding hydrogens is 314 g/mol. The lowest BCUT2D eigenvalue weighted by Gasteiger charge is -2.10. The van der Waals surface area contributed by atoms with Gasteiger partial charge in [-0.2, -0.15) is 0 Å². The Kier molecular flexibility index (Phi) is 4.27. The van der Waals surface area contributed by atoms with Crippen LogP contribution in [0.2, 0.25) is 5.02 Å². The lowest BCUT2D eigenvalue weighted by molar-refractivity contribution is 0.103. The van der Waals surface area contributed by atoms with Crippen molar-refractivity contribution in [2.45, 2.75) is 6.92 Å². The predicted molar refractivity (Wildman–Crippen MR) is 93.9 cm³/mol. The molecule has 0 saturated heterocycles. The van der Waals surface area contributed by atoms with Gasteiger partial charge in [0.15, 0.2) is 0 Å². The Labute approximate surface area is 138 Å². The number of halogens is 1. The standard InChI is InChI=1S/C18H14ClNOS/c1-12-15(19)8-5-9-16(12)20-18(21)17-14(10-11-22-17)13-6-3-2-4-7-13/h2-11H,1H3,(H,20,21). The molecule has 0 fully saturated rings. The van der Waals surface area contributed by atoms with Gasteiger partial charge in [0.05, 0.1) is 4.88 Å². The molecule has 3 aromatic rings. The van der Waals surface area contributed by atoms with Crippen LogP contribution < -0.4 is 5.32 Å². The first-order valence-corrected chi connectivity index (χ1v) is 8.12. The zero-order chi connectivity index (χ0) is 15.5. The summed E-state index contributed by atoms with van der Waals surface area (Å²) in [5.41, 5.74) is 3.60. The zero-order valence-corrected chi connectivity index (χ0v) is 13.5. The zero-order valence-electron chi connectivity index (χ0n) is 12.0. The molecule has 4 heteroatoms. The Morgan fingerprint density at radius 1 is 1.05 bits per heavy atom. The van der Waals surface area contributed by atoms with Gasteiger partial charge in [-0.05, 0) is 41.6 Å². The summed E-state index contributed by atoms with van der Waals surface area (Å²) in [6.07, 6.45) is 0. The molecule has 0 radical (unpaired) electrons. The van der Waals surface area contributed by atoms with Gasteiger partial charge in [0.2, 0.25) is 0 Å². The van der Waals surface area contributed by atoms with Crippen molar-refractivity contribution in [3.05, 3.63) is 75.4 Å². The van der Waals surface area contributed by atoms with Crippen LogP contribution in [0.4, 0.5) is 5.69 Å². The van der Waals surface area contributed by atoms with Crippen LogP contribution in [-0.4, -0.2) is 5.91 Å². The molecule has 0 aliphatic heterocycles. The Balaban J connectivity index is 1.91. The third-order valence-corrected chi connectivity index (χ3v) is 4.79. The van der Waals surface area contributed by atoms with Gasteiger partial charge in [-0.25, -0.2) is 0 Å². The Hall–Kier alpha value is -2.10. The molecule has 2 aromatic carbocycles. The molecule has 1 N–H and O–H groups in total. The second-order valence-electron chi connectivity index (χ2n) is 4.90. The summed E-state index contributed by atoms with van der Waals surface area (Å²) in [5.74, 6) is -0.112. The molecule has 0 aliphatic rings. The molecule has 1 amide bonds. The van der Waals surface area contributed by atoms with Crippen LogP contribution in [0.3, 0.4) is 0 Å². The molecule has 1 aromatic heterocycles. The van der Waals surface area contributed by atoms with Crippen molar-refractivity contribution in [1.82, 2.24) is 0 Å². The van der Waals surface area contributed by atoms with Crippen molar-refractivity contribution in [1.29, 1.82) is 0 Å². The third-order valence-electron chi connectivity index (χ3n) is 3.47. The predicted octanol–water partition coefficient (Wildman–Crippen LogP) is 5.63. The van der Waals surface area contributed by atoms with Crippen molar-refractivity contribution in [2.75, 3.05) is 5.32 Å². The SMILES string of the molecule is Cc1c(Cl)cccc1NC(=O)c1sccc1-c1ccccc1. The van der Waals surface area contributed by atoms with Crippen molar-refractivity contribution in [2.24, 2.45) is 0 Å². The van der Waals surface area contributed by atoms with Crippen LogP contribution in [0.25, 0.3) is 11.1 Å². The van der Waals surface area contributed by atoms with Crippen LogP contribution in [0, 0.1) is 6.92 Å². The molecule has 0 atom stereocenters. The number of hydrogen-bond donors (Lipinski definition) is 1. The summed E-state index contributed by atoms with van der Waals surface area (Å²) in [6.45, 7) is 1.89. The lowest BCUT2D eigenvalue weighted by Crippen LogP contribution is -2.12. The average molecular weight is 328 g/mol. The van der Waals surface area contributed by atoms with Crippen molar-refractivity contribution in [3.63, 3.8) is 0 Å². The summed E-state index contributed by atoms with van der Waals surface area (Å²) in [6, 6.07) is 17.4. The number of thiophene rings is 1. The Morgan fingerprint density at radius 2 is 1.82 bits per heavy atom. The van der Waals surface area contributed by atoms with Crippen molar-refractivity contribution >= 4 is 34.5 Å². The highest BCUT2D eigenvalue weighted by atomic mass is 35.5. The second-order valence-corrected chi connectivity index (χ2v) is 6.22. The maximum absolute atomic E-state index is 12.6.